The van der Waals surface area contributed by atoms with Crippen LogP contribution >= 0.6 is 0 Å². The number of aryl methyl sites for hydroxylation is 1. The zero-order valence-electron chi connectivity index (χ0n) is 13.9. The van der Waals surface area contributed by atoms with Crippen molar-refractivity contribution in [3.05, 3.63) is 65.7 Å². The molecule has 0 aliphatic heterocycles. The van der Waals surface area contributed by atoms with Gasteiger partial charge in [0.2, 0.25) is 5.89 Å². The van der Waals surface area contributed by atoms with Crippen LogP contribution in [0.5, 0.6) is 0 Å². The summed E-state index contributed by atoms with van der Waals surface area (Å²) < 4.78 is 5.71. The number of nitrogens with zero attached hydrogens (tertiary/aromatic N) is 3. The highest BCUT2D eigenvalue weighted by Gasteiger charge is 2.30. The van der Waals surface area contributed by atoms with Gasteiger partial charge in [0, 0.05) is 17.7 Å². The maximum Gasteiger partial charge on any atom is 0.255 e. The lowest BCUT2D eigenvalue weighted by molar-refractivity contribution is 0.0945. The fourth-order valence-corrected chi connectivity index (χ4v) is 2.71. The lowest BCUT2D eigenvalue weighted by Crippen LogP contribution is -2.25. The van der Waals surface area contributed by atoms with Gasteiger partial charge in [0.05, 0.1) is 24.0 Å². The predicted octanol–water partition coefficient (Wildman–Crippen LogP) is 3.25. The molecule has 2 heterocycles. The van der Waals surface area contributed by atoms with Gasteiger partial charge in [-0.2, -0.15) is 0 Å². The maximum absolute atomic E-state index is 12.5. The second kappa shape index (κ2) is 6.47. The van der Waals surface area contributed by atoms with Crippen molar-refractivity contribution in [3.63, 3.8) is 0 Å². The number of rotatable bonds is 5. The molecule has 1 N–H and O–H groups in total. The summed E-state index contributed by atoms with van der Waals surface area (Å²) in [7, 11) is 0. The molecule has 4 rings (SSSR count). The molecule has 126 valence electrons. The first-order valence-corrected chi connectivity index (χ1v) is 8.32. The second-order valence-electron chi connectivity index (χ2n) is 6.16. The van der Waals surface area contributed by atoms with Crippen LogP contribution in [0.15, 0.2) is 47.1 Å². The van der Waals surface area contributed by atoms with Crippen LogP contribution in [0.1, 0.15) is 46.5 Å². The second-order valence-corrected chi connectivity index (χ2v) is 6.16. The van der Waals surface area contributed by atoms with Crippen LogP contribution in [0.3, 0.4) is 0 Å². The Bertz CT molecular complexity index is 901. The molecule has 1 amide bonds. The highest BCUT2D eigenvalue weighted by atomic mass is 16.4. The van der Waals surface area contributed by atoms with Crippen molar-refractivity contribution < 1.29 is 9.21 Å². The molecule has 0 bridgehead atoms. The molecule has 0 atom stereocenters. The number of hydrogen-bond acceptors (Lipinski definition) is 5. The lowest BCUT2D eigenvalue weighted by atomic mass is 10.1. The Labute approximate surface area is 145 Å². The number of hydrogen-bond donors (Lipinski definition) is 1. The van der Waals surface area contributed by atoms with E-state index in [1.165, 1.54) is 0 Å². The minimum atomic E-state index is -0.193. The van der Waals surface area contributed by atoms with E-state index in [9.17, 15) is 4.79 Å². The molecular formula is C19H18N4O2. The quantitative estimate of drug-likeness (QED) is 0.774. The molecule has 1 fully saturated rings. The smallest absolute Gasteiger partial charge is 0.255 e. The van der Waals surface area contributed by atoms with E-state index in [0.717, 1.165) is 24.1 Å². The minimum absolute atomic E-state index is 0.193. The van der Waals surface area contributed by atoms with Crippen molar-refractivity contribution in [2.75, 3.05) is 0 Å². The van der Waals surface area contributed by atoms with Crippen LogP contribution < -0.4 is 5.32 Å². The van der Waals surface area contributed by atoms with Crippen LogP contribution in [0.2, 0.25) is 0 Å². The molecule has 1 saturated carbocycles. The van der Waals surface area contributed by atoms with Crippen molar-refractivity contribution in [3.8, 4) is 11.3 Å². The lowest BCUT2D eigenvalue weighted by Gasteiger charge is -2.08. The number of nitrogens with one attached hydrogen (secondary N) is 1. The molecule has 1 aliphatic carbocycles. The first kappa shape index (κ1) is 15.5. The van der Waals surface area contributed by atoms with Crippen LogP contribution in [0.4, 0.5) is 0 Å². The summed E-state index contributed by atoms with van der Waals surface area (Å²) in [6, 6.07) is 9.73. The van der Waals surface area contributed by atoms with Crippen molar-refractivity contribution in [1.29, 1.82) is 0 Å². The molecule has 0 radical (unpaired) electrons. The van der Waals surface area contributed by atoms with Crippen molar-refractivity contribution in [1.82, 2.24) is 20.3 Å². The predicted molar refractivity (Wildman–Crippen MR) is 91.9 cm³/mol. The topological polar surface area (TPSA) is 80.9 Å². The Morgan fingerprint density at radius 2 is 2.00 bits per heavy atom. The van der Waals surface area contributed by atoms with Gasteiger partial charge in [-0.25, -0.2) is 15.0 Å². The normalized spacial score (nSPS) is 13.6. The Morgan fingerprint density at radius 1 is 1.20 bits per heavy atom. The number of aromatic nitrogens is 3. The molecule has 6 nitrogen and oxygen atoms in total. The number of carbonyl (C=O) groups is 1. The summed E-state index contributed by atoms with van der Waals surface area (Å²) in [5, 5.41) is 2.85. The highest BCUT2D eigenvalue weighted by molar-refractivity contribution is 5.95. The van der Waals surface area contributed by atoms with E-state index in [0.29, 0.717) is 29.0 Å². The summed E-state index contributed by atoms with van der Waals surface area (Å²) in [6.45, 7) is 2.06. The van der Waals surface area contributed by atoms with Gasteiger partial charge in [-0.15, -0.1) is 0 Å². The summed E-state index contributed by atoms with van der Waals surface area (Å²) in [6.07, 6.45) is 5.44. The zero-order valence-corrected chi connectivity index (χ0v) is 13.9. The summed E-state index contributed by atoms with van der Waals surface area (Å²) in [5.74, 6) is 2.03. The fraction of sp³-hybridized carbons (Fsp3) is 0.263. The van der Waals surface area contributed by atoms with Crippen LogP contribution in [0, 0.1) is 6.92 Å². The zero-order chi connectivity index (χ0) is 17.2. The fourth-order valence-electron chi connectivity index (χ4n) is 2.71. The number of carbonyl (C=O) groups excluding carboxylic acids is 1. The van der Waals surface area contributed by atoms with Crippen LogP contribution in [-0.4, -0.2) is 20.9 Å². The van der Waals surface area contributed by atoms with Crippen molar-refractivity contribution in [2.24, 2.45) is 0 Å². The van der Waals surface area contributed by atoms with Crippen LogP contribution in [0.25, 0.3) is 11.3 Å². The summed E-state index contributed by atoms with van der Waals surface area (Å²) >= 11 is 0. The van der Waals surface area contributed by atoms with Gasteiger partial charge < -0.3 is 9.73 Å². The van der Waals surface area contributed by atoms with E-state index in [2.05, 4.69) is 20.3 Å². The van der Waals surface area contributed by atoms with Crippen molar-refractivity contribution in [2.45, 2.75) is 32.2 Å². The monoisotopic (exact) mass is 334 g/mol. The third-order valence-electron chi connectivity index (χ3n) is 4.16. The van der Waals surface area contributed by atoms with Crippen LogP contribution in [-0.2, 0) is 6.54 Å². The molecule has 1 aliphatic rings. The Morgan fingerprint density at radius 3 is 2.76 bits per heavy atom. The van der Waals surface area contributed by atoms with E-state index in [1.54, 1.807) is 12.4 Å². The van der Waals surface area contributed by atoms with Crippen molar-refractivity contribution >= 4 is 5.91 Å². The molecule has 0 saturated heterocycles. The largest absolute Gasteiger partial charge is 0.439 e. The molecule has 0 spiro atoms. The molecular weight excluding hydrogens is 316 g/mol. The van der Waals surface area contributed by atoms with Gasteiger partial charge >= 0.3 is 0 Å². The Kier molecular flexibility index (Phi) is 4.01. The average molecular weight is 334 g/mol. The molecule has 1 aromatic carbocycles. The van der Waals surface area contributed by atoms with E-state index in [4.69, 9.17) is 4.42 Å². The molecule has 6 heteroatoms. The third kappa shape index (κ3) is 3.42. The first-order chi connectivity index (χ1) is 12.2. The standard InChI is InChI=1S/C19H18N4O2/c1-12-20-9-15(18(23-12)14-7-8-14)19(24)22-11-17-21-10-16(25-17)13-5-3-2-4-6-13/h2-6,9-10,14H,7-8,11H2,1H3,(H,22,24). The van der Waals surface area contributed by atoms with E-state index in [-0.39, 0.29) is 12.5 Å². The highest BCUT2D eigenvalue weighted by Crippen LogP contribution is 2.40. The van der Waals surface area contributed by atoms with Gasteiger partial charge in [-0.1, -0.05) is 30.3 Å². The van der Waals surface area contributed by atoms with Gasteiger partial charge in [0.25, 0.3) is 5.91 Å². The number of amides is 1. The summed E-state index contributed by atoms with van der Waals surface area (Å²) in [4.78, 5) is 25.3. The number of oxazole rings is 1. The molecule has 3 aromatic rings. The number of benzene rings is 1. The van der Waals surface area contributed by atoms with Gasteiger partial charge in [-0.3, -0.25) is 4.79 Å². The maximum atomic E-state index is 12.5. The average Bonchev–Trinajstić information content (AvgIpc) is 3.38. The van der Waals surface area contributed by atoms with Gasteiger partial charge in [0.15, 0.2) is 5.76 Å². The SMILES string of the molecule is Cc1ncc(C(=O)NCc2ncc(-c3ccccc3)o2)c(C2CC2)n1. The summed E-state index contributed by atoms with van der Waals surface area (Å²) in [5.41, 5.74) is 2.35. The molecule has 25 heavy (non-hydrogen) atoms. The Hall–Kier alpha value is -3.02. The van der Waals surface area contributed by atoms with E-state index < -0.39 is 0 Å². The first-order valence-electron chi connectivity index (χ1n) is 8.32. The van der Waals surface area contributed by atoms with E-state index in [1.807, 2.05) is 37.3 Å². The Balaban J connectivity index is 1.45. The van der Waals surface area contributed by atoms with Gasteiger partial charge in [-0.05, 0) is 19.8 Å². The molecule has 0 unspecified atom stereocenters. The van der Waals surface area contributed by atoms with Gasteiger partial charge in [0.1, 0.15) is 5.82 Å². The van der Waals surface area contributed by atoms with E-state index >= 15 is 0 Å². The minimum Gasteiger partial charge on any atom is -0.439 e. The third-order valence-corrected chi connectivity index (χ3v) is 4.16. The molecule has 2 aromatic heterocycles.